The first-order valence-corrected chi connectivity index (χ1v) is 14.2. The Bertz CT molecular complexity index is 1460. The number of nitrogens with zero attached hydrogens (tertiary/aromatic N) is 4. The summed E-state index contributed by atoms with van der Waals surface area (Å²) in [6.45, 7) is 12.1. The number of hydrogen-bond acceptors (Lipinski definition) is 7. The molecule has 9 nitrogen and oxygen atoms in total. The van der Waals surface area contributed by atoms with E-state index >= 15 is 0 Å². The zero-order valence-corrected chi connectivity index (χ0v) is 24.3. The summed E-state index contributed by atoms with van der Waals surface area (Å²) in [6.07, 6.45) is 0. The van der Waals surface area contributed by atoms with Crippen LogP contribution in [-0.4, -0.2) is 70.9 Å². The normalized spacial score (nSPS) is 11.2. The molecule has 0 radical (unpaired) electrons. The van der Waals surface area contributed by atoms with Gasteiger partial charge in [-0.25, -0.2) is 9.97 Å². The van der Waals surface area contributed by atoms with Crippen LogP contribution >= 0.6 is 0 Å². The Balaban J connectivity index is 1.58. The molecule has 3 N–H and O–H groups in total. The minimum atomic E-state index is -0.0791. The molecule has 0 saturated carbocycles. The van der Waals surface area contributed by atoms with Crippen molar-refractivity contribution in [3.05, 3.63) is 72.8 Å². The summed E-state index contributed by atoms with van der Waals surface area (Å²) >= 11 is 0. The van der Waals surface area contributed by atoms with E-state index in [1.54, 1.807) is 0 Å². The molecule has 3 aromatic carbocycles. The summed E-state index contributed by atoms with van der Waals surface area (Å²) < 4.78 is 0. The van der Waals surface area contributed by atoms with E-state index in [2.05, 4.69) is 25.8 Å². The third-order valence-corrected chi connectivity index (χ3v) is 7.00. The highest BCUT2D eigenvalue weighted by atomic mass is 16.2. The highest BCUT2D eigenvalue weighted by Gasteiger charge is 2.15. The maximum atomic E-state index is 12.8. The molecular formula is C32H39N7O2. The number of carbonyl (C=O) groups is 2. The van der Waals surface area contributed by atoms with Crippen LogP contribution in [0.15, 0.2) is 72.8 Å². The van der Waals surface area contributed by atoms with Gasteiger partial charge in [0.15, 0.2) is 5.82 Å². The van der Waals surface area contributed by atoms with Crippen LogP contribution in [0.1, 0.15) is 27.7 Å². The van der Waals surface area contributed by atoms with Gasteiger partial charge in [0.2, 0.25) is 11.8 Å². The molecule has 0 atom stereocenters. The summed E-state index contributed by atoms with van der Waals surface area (Å²) in [4.78, 5) is 39.0. The van der Waals surface area contributed by atoms with Gasteiger partial charge in [-0.15, -0.1) is 0 Å². The summed E-state index contributed by atoms with van der Waals surface area (Å²) in [6, 6.07) is 22.9. The average molecular weight is 554 g/mol. The van der Waals surface area contributed by atoms with Crippen molar-refractivity contribution >= 4 is 45.6 Å². The number of likely N-dealkylation sites (N-methyl/N-ethyl adjacent to an activating group) is 2. The van der Waals surface area contributed by atoms with Crippen molar-refractivity contribution in [2.75, 3.05) is 55.2 Å². The Hall–Kier alpha value is -4.34. The Kier molecular flexibility index (Phi) is 10.4. The van der Waals surface area contributed by atoms with Crippen LogP contribution < -0.4 is 16.0 Å². The molecule has 0 saturated heterocycles. The molecule has 41 heavy (non-hydrogen) atoms. The predicted molar refractivity (Wildman–Crippen MR) is 168 cm³/mol. The molecule has 1 aromatic heterocycles. The zero-order valence-electron chi connectivity index (χ0n) is 24.3. The number of anilines is 4. The van der Waals surface area contributed by atoms with Gasteiger partial charge in [0.05, 0.1) is 24.3 Å². The molecule has 4 aromatic rings. The number of rotatable bonds is 13. The van der Waals surface area contributed by atoms with Crippen molar-refractivity contribution in [3.63, 3.8) is 0 Å². The van der Waals surface area contributed by atoms with Gasteiger partial charge >= 0.3 is 0 Å². The first-order chi connectivity index (χ1) is 19.9. The first kappa shape index (κ1) is 29.6. The lowest BCUT2D eigenvalue weighted by Gasteiger charge is -2.18. The highest BCUT2D eigenvalue weighted by Crippen LogP contribution is 2.31. The quantitative estimate of drug-likeness (QED) is 0.198. The van der Waals surface area contributed by atoms with Crippen molar-refractivity contribution in [2.45, 2.75) is 27.7 Å². The lowest BCUT2D eigenvalue weighted by Crippen LogP contribution is -2.33. The van der Waals surface area contributed by atoms with E-state index in [0.29, 0.717) is 30.4 Å². The molecule has 0 spiro atoms. The van der Waals surface area contributed by atoms with Crippen molar-refractivity contribution in [1.29, 1.82) is 0 Å². The van der Waals surface area contributed by atoms with Gasteiger partial charge in [-0.1, -0.05) is 52.0 Å². The second-order valence-corrected chi connectivity index (χ2v) is 9.68. The number of para-hydroxylation sites is 2. The maximum Gasteiger partial charge on any atom is 0.238 e. The van der Waals surface area contributed by atoms with Crippen molar-refractivity contribution in [3.8, 4) is 11.4 Å². The van der Waals surface area contributed by atoms with Gasteiger partial charge in [-0.3, -0.25) is 19.4 Å². The van der Waals surface area contributed by atoms with Crippen molar-refractivity contribution in [2.24, 2.45) is 0 Å². The Labute approximate surface area is 242 Å². The van der Waals surface area contributed by atoms with E-state index in [0.717, 1.165) is 54.0 Å². The number of aromatic nitrogens is 2. The molecule has 214 valence electrons. The molecule has 1 heterocycles. The fourth-order valence-electron chi connectivity index (χ4n) is 4.54. The second-order valence-electron chi connectivity index (χ2n) is 9.68. The smallest absolute Gasteiger partial charge is 0.238 e. The lowest BCUT2D eigenvalue weighted by molar-refractivity contribution is -0.118. The maximum absolute atomic E-state index is 12.8. The van der Waals surface area contributed by atoms with E-state index in [9.17, 15) is 9.59 Å². The summed E-state index contributed by atoms with van der Waals surface area (Å²) in [5.74, 6) is 1.03. The van der Waals surface area contributed by atoms with Crippen molar-refractivity contribution < 1.29 is 9.59 Å². The summed E-state index contributed by atoms with van der Waals surface area (Å²) in [5.41, 5.74) is 3.73. The molecule has 0 fully saturated rings. The summed E-state index contributed by atoms with van der Waals surface area (Å²) in [5, 5.41) is 10.3. The van der Waals surface area contributed by atoms with Crippen LogP contribution in [0, 0.1) is 0 Å². The topological polar surface area (TPSA) is 102 Å². The van der Waals surface area contributed by atoms with Crippen LogP contribution in [0.2, 0.25) is 0 Å². The standard InChI is InChI=1S/C32H39N7O2/c1-5-38(6-2)21-29(40)33-23-17-19-24(20-18-23)34-31-26-14-10-12-16-28(26)36-32(37-31)25-13-9-11-15-27(25)35-30(41)22-39(7-3)8-4/h9-20H,5-8,21-22H2,1-4H3,(H,33,40)(H,35,41)(H,34,36,37). The van der Waals surface area contributed by atoms with E-state index in [-0.39, 0.29) is 11.8 Å². The van der Waals surface area contributed by atoms with Gasteiger partial charge in [0, 0.05) is 22.3 Å². The van der Waals surface area contributed by atoms with E-state index in [4.69, 9.17) is 9.97 Å². The first-order valence-electron chi connectivity index (χ1n) is 14.2. The van der Waals surface area contributed by atoms with Crippen LogP contribution in [0.4, 0.5) is 22.9 Å². The third-order valence-electron chi connectivity index (χ3n) is 7.00. The molecular weight excluding hydrogens is 514 g/mol. The number of amides is 2. The van der Waals surface area contributed by atoms with Gasteiger partial charge in [0.25, 0.3) is 0 Å². The van der Waals surface area contributed by atoms with E-state index in [1.165, 1.54) is 0 Å². The highest BCUT2D eigenvalue weighted by molar-refractivity contribution is 5.98. The minimum Gasteiger partial charge on any atom is -0.340 e. The van der Waals surface area contributed by atoms with Crippen molar-refractivity contribution in [1.82, 2.24) is 19.8 Å². The molecule has 0 unspecified atom stereocenters. The predicted octanol–water partition coefficient (Wildman–Crippen LogP) is 5.60. The largest absolute Gasteiger partial charge is 0.340 e. The second kappa shape index (κ2) is 14.3. The monoisotopic (exact) mass is 553 g/mol. The Morgan fingerprint density at radius 1 is 0.659 bits per heavy atom. The molecule has 0 bridgehead atoms. The fourth-order valence-corrected chi connectivity index (χ4v) is 4.54. The number of fused-ring (bicyclic) bond motifs is 1. The number of carbonyl (C=O) groups excluding carboxylic acids is 2. The molecule has 4 rings (SSSR count). The van der Waals surface area contributed by atoms with E-state index in [1.807, 2.05) is 100 Å². The zero-order chi connectivity index (χ0) is 29.2. The number of hydrogen-bond donors (Lipinski definition) is 3. The van der Waals surface area contributed by atoms with Gasteiger partial charge in [0.1, 0.15) is 5.82 Å². The fraction of sp³-hybridized carbons (Fsp3) is 0.312. The van der Waals surface area contributed by atoms with E-state index < -0.39 is 0 Å². The molecule has 0 aliphatic carbocycles. The SMILES string of the molecule is CCN(CC)CC(=O)Nc1ccc(Nc2nc(-c3ccccc3NC(=O)CN(CC)CC)nc3ccccc23)cc1. The van der Waals surface area contributed by atoms with Crippen LogP contribution in [-0.2, 0) is 9.59 Å². The molecule has 9 heteroatoms. The molecule has 0 aliphatic heterocycles. The number of nitrogens with one attached hydrogen (secondary N) is 3. The third kappa shape index (κ3) is 7.87. The molecule has 0 aliphatic rings. The van der Waals surface area contributed by atoms with Crippen LogP contribution in [0.3, 0.4) is 0 Å². The van der Waals surface area contributed by atoms with Gasteiger partial charge in [-0.2, -0.15) is 0 Å². The number of benzene rings is 3. The lowest BCUT2D eigenvalue weighted by atomic mass is 10.1. The Morgan fingerprint density at radius 2 is 1.22 bits per heavy atom. The Morgan fingerprint density at radius 3 is 1.88 bits per heavy atom. The summed E-state index contributed by atoms with van der Waals surface area (Å²) in [7, 11) is 0. The van der Waals surface area contributed by atoms with Crippen LogP contribution in [0.5, 0.6) is 0 Å². The van der Waals surface area contributed by atoms with Gasteiger partial charge in [-0.05, 0) is 74.7 Å². The average Bonchev–Trinajstić information content (AvgIpc) is 2.99. The van der Waals surface area contributed by atoms with Gasteiger partial charge < -0.3 is 16.0 Å². The minimum absolute atomic E-state index is 0.0382. The van der Waals surface area contributed by atoms with Crippen LogP contribution in [0.25, 0.3) is 22.3 Å². The molecule has 2 amide bonds.